The second-order valence-corrected chi connectivity index (χ2v) is 5.64. The predicted molar refractivity (Wildman–Crippen MR) is 85.8 cm³/mol. The highest BCUT2D eigenvalue weighted by molar-refractivity contribution is 6.33. The first kappa shape index (κ1) is 17.1. The number of rotatable bonds is 5. The van der Waals surface area contributed by atoms with Crippen LogP contribution in [0.2, 0.25) is 5.02 Å². The van der Waals surface area contributed by atoms with Gasteiger partial charge in [0.1, 0.15) is 11.4 Å². The number of hydrogen-bond acceptors (Lipinski definition) is 7. The normalized spacial score (nSPS) is 11.2. The van der Waals surface area contributed by atoms with Crippen LogP contribution in [0.1, 0.15) is 37.0 Å². The molecular formula is C15H17ClN4O3. The Hall–Kier alpha value is -2.25. The molecule has 2 aromatic rings. The highest BCUT2D eigenvalue weighted by Crippen LogP contribution is 2.28. The molecule has 0 fully saturated rings. The summed E-state index contributed by atoms with van der Waals surface area (Å²) in [6.45, 7) is 5.16. The summed E-state index contributed by atoms with van der Waals surface area (Å²) < 4.78 is 4.94. The maximum Gasteiger partial charge on any atom is 0.361 e. The number of nitrogens with one attached hydrogen (secondary N) is 1. The van der Waals surface area contributed by atoms with Crippen molar-refractivity contribution < 1.29 is 14.6 Å². The van der Waals surface area contributed by atoms with Gasteiger partial charge >= 0.3 is 5.97 Å². The third-order valence-corrected chi connectivity index (χ3v) is 3.19. The molecule has 0 aliphatic carbocycles. The zero-order chi connectivity index (χ0) is 17.0. The molecule has 0 saturated carbocycles. The van der Waals surface area contributed by atoms with Crippen molar-refractivity contribution >= 4 is 29.1 Å². The van der Waals surface area contributed by atoms with Crippen molar-refractivity contribution in [1.29, 1.82) is 0 Å². The number of nitrogens with zero attached hydrogens (tertiary/aromatic N) is 3. The number of carbonyl (C=O) groups excluding carboxylic acids is 1. The minimum Gasteiger partial charge on any atom is -0.461 e. The van der Waals surface area contributed by atoms with Gasteiger partial charge in [0.05, 0.1) is 29.2 Å². The maximum absolute atomic E-state index is 12.0. The Bertz CT molecular complexity index is 716. The SMILES string of the molecule is CCOC(=O)c1nncc(Cl)c1Nc1cccc(C(C)(C)O)n1. The summed E-state index contributed by atoms with van der Waals surface area (Å²) >= 11 is 6.10. The molecule has 0 aromatic carbocycles. The van der Waals surface area contributed by atoms with E-state index in [-0.39, 0.29) is 23.0 Å². The summed E-state index contributed by atoms with van der Waals surface area (Å²) in [4.78, 5) is 16.3. The van der Waals surface area contributed by atoms with Gasteiger partial charge in [-0.15, -0.1) is 5.10 Å². The van der Waals surface area contributed by atoms with Gasteiger partial charge in [-0.25, -0.2) is 9.78 Å². The van der Waals surface area contributed by atoms with E-state index in [2.05, 4.69) is 20.5 Å². The molecule has 0 unspecified atom stereocenters. The van der Waals surface area contributed by atoms with Gasteiger partial charge in [0.25, 0.3) is 0 Å². The predicted octanol–water partition coefficient (Wildman–Crippen LogP) is 2.67. The fourth-order valence-electron chi connectivity index (χ4n) is 1.80. The summed E-state index contributed by atoms with van der Waals surface area (Å²) in [7, 11) is 0. The molecular weight excluding hydrogens is 320 g/mol. The van der Waals surface area contributed by atoms with E-state index in [0.29, 0.717) is 11.5 Å². The summed E-state index contributed by atoms with van der Waals surface area (Å²) in [6.07, 6.45) is 1.31. The largest absolute Gasteiger partial charge is 0.461 e. The van der Waals surface area contributed by atoms with Crippen LogP contribution < -0.4 is 5.32 Å². The molecule has 2 heterocycles. The van der Waals surface area contributed by atoms with Crippen molar-refractivity contribution in [3.63, 3.8) is 0 Å². The highest BCUT2D eigenvalue weighted by Gasteiger charge is 2.21. The van der Waals surface area contributed by atoms with Gasteiger partial charge in [0, 0.05) is 0 Å². The zero-order valence-electron chi connectivity index (χ0n) is 13.0. The molecule has 0 bridgehead atoms. The Balaban J connectivity index is 2.39. The van der Waals surface area contributed by atoms with Gasteiger partial charge in [0.15, 0.2) is 5.69 Å². The highest BCUT2D eigenvalue weighted by atomic mass is 35.5. The van der Waals surface area contributed by atoms with Crippen LogP contribution >= 0.6 is 11.6 Å². The molecule has 122 valence electrons. The standard InChI is InChI=1S/C15H17ClN4O3/c1-4-23-14(21)13-12(9(16)8-17-20-13)19-11-7-5-6-10(18-11)15(2,3)22/h5-8,22H,4H2,1-3H3,(H,17,18,19). The van der Waals surface area contributed by atoms with Gasteiger partial charge in [-0.1, -0.05) is 17.7 Å². The molecule has 0 amide bonds. The number of anilines is 2. The van der Waals surface area contributed by atoms with Crippen LogP contribution in [0.3, 0.4) is 0 Å². The Labute approximate surface area is 138 Å². The van der Waals surface area contributed by atoms with Gasteiger partial charge < -0.3 is 15.2 Å². The van der Waals surface area contributed by atoms with E-state index in [1.165, 1.54) is 6.20 Å². The topological polar surface area (TPSA) is 97.2 Å². The summed E-state index contributed by atoms with van der Waals surface area (Å²) in [5.74, 6) is -0.228. The van der Waals surface area contributed by atoms with Crippen LogP contribution in [-0.2, 0) is 10.3 Å². The average Bonchev–Trinajstić information content (AvgIpc) is 2.49. The lowest BCUT2D eigenvalue weighted by Crippen LogP contribution is -2.18. The van der Waals surface area contributed by atoms with Crippen LogP contribution in [0, 0.1) is 0 Å². The quantitative estimate of drug-likeness (QED) is 0.810. The zero-order valence-corrected chi connectivity index (χ0v) is 13.8. The Morgan fingerprint density at radius 3 is 2.83 bits per heavy atom. The van der Waals surface area contributed by atoms with Crippen molar-refractivity contribution in [3.8, 4) is 0 Å². The number of ether oxygens (including phenoxy) is 1. The first-order valence-electron chi connectivity index (χ1n) is 6.98. The maximum atomic E-state index is 12.0. The van der Waals surface area contributed by atoms with Gasteiger partial charge in [-0.3, -0.25) is 0 Å². The van der Waals surface area contributed by atoms with Gasteiger partial charge in [-0.05, 0) is 32.9 Å². The summed E-state index contributed by atoms with van der Waals surface area (Å²) in [5.41, 5.74) is -0.407. The van der Waals surface area contributed by atoms with Gasteiger partial charge in [0.2, 0.25) is 0 Å². The van der Waals surface area contributed by atoms with E-state index >= 15 is 0 Å². The van der Waals surface area contributed by atoms with Crippen molar-refractivity contribution in [3.05, 3.63) is 40.8 Å². The Morgan fingerprint density at radius 1 is 1.43 bits per heavy atom. The monoisotopic (exact) mass is 336 g/mol. The smallest absolute Gasteiger partial charge is 0.361 e. The fourth-order valence-corrected chi connectivity index (χ4v) is 1.98. The van der Waals surface area contributed by atoms with Crippen LogP contribution in [0.5, 0.6) is 0 Å². The number of pyridine rings is 1. The first-order valence-corrected chi connectivity index (χ1v) is 7.36. The molecule has 0 aliphatic heterocycles. The number of hydrogen-bond donors (Lipinski definition) is 2. The van der Waals surface area contributed by atoms with Crippen molar-refractivity contribution in [2.24, 2.45) is 0 Å². The van der Waals surface area contributed by atoms with Crippen LogP contribution in [0.15, 0.2) is 24.4 Å². The average molecular weight is 337 g/mol. The Morgan fingerprint density at radius 2 is 2.17 bits per heavy atom. The molecule has 8 heteroatoms. The molecule has 0 saturated heterocycles. The van der Waals surface area contributed by atoms with E-state index in [1.807, 2.05) is 0 Å². The van der Waals surface area contributed by atoms with Crippen molar-refractivity contribution in [2.45, 2.75) is 26.4 Å². The van der Waals surface area contributed by atoms with E-state index in [4.69, 9.17) is 16.3 Å². The van der Waals surface area contributed by atoms with Crippen molar-refractivity contribution in [2.75, 3.05) is 11.9 Å². The molecule has 2 rings (SSSR count). The van der Waals surface area contributed by atoms with Crippen LogP contribution in [0.25, 0.3) is 0 Å². The number of aromatic nitrogens is 3. The first-order chi connectivity index (χ1) is 10.8. The Kier molecular flexibility index (Phi) is 5.12. The summed E-state index contributed by atoms with van der Waals surface area (Å²) in [6, 6.07) is 5.11. The third-order valence-electron chi connectivity index (χ3n) is 2.90. The summed E-state index contributed by atoms with van der Waals surface area (Å²) in [5, 5.41) is 20.6. The molecule has 23 heavy (non-hydrogen) atoms. The van der Waals surface area contributed by atoms with E-state index < -0.39 is 11.6 Å². The number of halogens is 1. The molecule has 0 aliphatic rings. The third kappa shape index (κ3) is 4.14. The van der Waals surface area contributed by atoms with E-state index in [0.717, 1.165) is 0 Å². The molecule has 2 aromatic heterocycles. The van der Waals surface area contributed by atoms with Gasteiger partial charge in [-0.2, -0.15) is 5.10 Å². The molecule has 7 nitrogen and oxygen atoms in total. The molecule has 0 spiro atoms. The fraction of sp³-hybridized carbons (Fsp3) is 0.333. The molecule has 2 N–H and O–H groups in total. The molecule has 0 radical (unpaired) electrons. The second-order valence-electron chi connectivity index (χ2n) is 5.23. The number of esters is 1. The number of aliphatic hydroxyl groups is 1. The van der Waals surface area contributed by atoms with Crippen LogP contribution in [0.4, 0.5) is 11.5 Å². The van der Waals surface area contributed by atoms with E-state index in [9.17, 15) is 9.90 Å². The van der Waals surface area contributed by atoms with Crippen molar-refractivity contribution in [1.82, 2.24) is 15.2 Å². The molecule has 0 atom stereocenters. The minimum atomic E-state index is -1.10. The minimum absolute atomic E-state index is 0.0326. The lowest BCUT2D eigenvalue weighted by Gasteiger charge is -2.18. The number of carbonyl (C=O) groups is 1. The van der Waals surface area contributed by atoms with E-state index in [1.54, 1.807) is 39.0 Å². The van der Waals surface area contributed by atoms with Crippen LogP contribution in [-0.4, -0.2) is 32.9 Å². The lowest BCUT2D eigenvalue weighted by molar-refractivity contribution is 0.0519. The lowest BCUT2D eigenvalue weighted by atomic mass is 10.1. The second kappa shape index (κ2) is 6.89.